The highest BCUT2D eigenvalue weighted by Crippen LogP contribution is 2.38. The molecule has 0 saturated carbocycles. The van der Waals surface area contributed by atoms with E-state index in [-0.39, 0.29) is 0 Å². The number of rotatable bonds is 3. The van der Waals surface area contributed by atoms with E-state index in [4.69, 9.17) is 0 Å². The van der Waals surface area contributed by atoms with Gasteiger partial charge in [-0.2, -0.15) is 0 Å². The number of benzene rings is 2. The second kappa shape index (κ2) is 6.47. The van der Waals surface area contributed by atoms with Gasteiger partial charge in [0.25, 0.3) is 0 Å². The molecule has 0 atom stereocenters. The first-order valence-corrected chi connectivity index (χ1v) is 7.95. The summed E-state index contributed by atoms with van der Waals surface area (Å²) >= 11 is 0. The van der Waals surface area contributed by atoms with Crippen LogP contribution in [0.2, 0.25) is 0 Å². The standard InChI is InChI=1S/C22H16N2/c1-2-9-17(10-3-1)18-11-8-12-19(20-13-4-6-15-23-20)22(18)21-14-5-7-16-24-21/h1-16H. The molecule has 0 fully saturated rings. The Morgan fingerprint density at radius 2 is 1.08 bits per heavy atom. The van der Waals surface area contributed by atoms with Crippen molar-refractivity contribution in [3.8, 4) is 33.6 Å². The lowest BCUT2D eigenvalue weighted by Crippen LogP contribution is -1.93. The van der Waals surface area contributed by atoms with Crippen molar-refractivity contribution in [3.63, 3.8) is 0 Å². The van der Waals surface area contributed by atoms with E-state index in [0.717, 1.165) is 28.1 Å². The fourth-order valence-electron chi connectivity index (χ4n) is 2.93. The molecule has 0 saturated heterocycles. The minimum atomic E-state index is 0.955. The molecule has 0 unspecified atom stereocenters. The first kappa shape index (κ1) is 14.3. The van der Waals surface area contributed by atoms with Gasteiger partial charge in [-0.3, -0.25) is 9.97 Å². The fraction of sp³-hybridized carbons (Fsp3) is 0. The molecule has 0 amide bonds. The Kier molecular flexibility index (Phi) is 3.86. The second-order valence-corrected chi connectivity index (χ2v) is 5.52. The van der Waals surface area contributed by atoms with Gasteiger partial charge in [0.2, 0.25) is 0 Å². The number of aromatic nitrogens is 2. The Balaban J connectivity index is 2.02. The van der Waals surface area contributed by atoms with Crippen LogP contribution in [0.4, 0.5) is 0 Å². The maximum Gasteiger partial charge on any atom is 0.0715 e. The van der Waals surface area contributed by atoms with Crippen molar-refractivity contribution in [2.75, 3.05) is 0 Å². The smallest absolute Gasteiger partial charge is 0.0715 e. The SMILES string of the molecule is c1ccc(-c2cccc(-c3ccccn3)c2-c2ccccn2)cc1. The molecule has 0 N–H and O–H groups in total. The van der Waals surface area contributed by atoms with Gasteiger partial charge < -0.3 is 0 Å². The van der Waals surface area contributed by atoms with Crippen LogP contribution in [-0.4, -0.2) is 9.97 Å². The summed E-state index contributed by atoms with van der Waals surface area (Å²) in [5, 5.41) is 0. The number of pyridine rings is 2. The molecule has 0 bridgehead atoms. The van der Waals surface area contributed by atoms with Crippen LogP contribution < -0.4 is 0 Å². The summed E-state index contributed by atoms with van der Waals surface area (Å²) < 4.78 is 0. The first-order chi connectivity index (χ1) is 11.9. The lowest BCUT2D eigenvalue weighted by molar-refractivity contribution is 1.30. The van der Waals surface area contributed by atoms with Crippen LogP contribution in [-0.2, 0) is 0 Å². The predicted molar refractivity (Wildman–Crippen MR) is 98.3 cm³/mol. The van der Waals surface area contributed by atoms with E-state index < -0.39 is 0 Å². The molecular formula is C22H16N2. The number of hydrogen-bond donors (Lipinski definition) is 0. The molecule has 2 aromatic heterocycles. The Morgan fingerprint density at radius 1 is 0.458 bits per heavy atom. The van der Waals surface area contributed by atoms with Crippen LogP contribution in [0.1, 0.15) is 0 Å². The van der Waals surface area contributed by atoms with Crippen molar-refractivity contribution in [1.82, 2.24) is 9.97 Å². The molecule has 24 heavy (non-hydrogen) atoms. The third kappa shape index (κ3) is 2.70. The minimum Gasteiger partial charge on any atom is -0.256 e. The number of nitrogens with zero attached hydrogens (tertiary/aromatic N) is 2. The normalized spacial score (nSPS) is 10.5. The van der Waals surface area contributed by atoms with Gasteiger partial charge in [-0.05, 0) is 35.4 Å². The van der Waals surface area contributed by atoms with E-state index in [2.05, 4.69) is 52.4 Å². The molecule has 0 radical (unpaired) electrons. The third-order valence-electron chi connectivity index (χ3n) is 4.01. The van der Waals surface area contributed by atoms with Crippen molar-refractivity contribution >= 4 is 0 Å². The molecule has 0 aliphatic rings. The summed E-state index contributed by atoms with van der Waals surface area (Å²) in [6, 6.07) is 28.7. The molecule has 2 nitrogen and oxygen atoms in total. The topological polar surface area (TPSA) is 25.8 Å². The largest absolute Gasteiger partial charge is 0.256 e. The Morgan fingerprint density at radius 3 is 1.75 bits per heavy atom. The zero-order chi connectivity index (χ0) is 16.2. The van der Waals surface area contributed by atoms with Crippen LogP contribution in [0.15, 0.2) is 97.3 Å². The lowest BCUT2D eigenvalue weighted by atomic mass is 9.91. The van der Waals surface area contributed by atoms with E-state index in [1.165, 1.54) is 5.56 Å². The highest BCUT2D eigenvalue weighted by molar-refractivity contribution is 5.92. The third-order valence-corrected chi connectivity index (χ3v) is 4.01. The molecule has 4 rings (SSSR count). The lowest BCUT2D eigenvalue weighted by Gasteiger charge is -2.14. The molecule has 2 heteroatoms. The molecule has 0 spiro atoms. The molecule has 2 aromatic carbocycles. The summed E-state index contributed by atoms with van der Waals surface area (Å²) in [6.07, 6.45) is 3.66. The average molecular weight is 308 g/mol. The van der Waals surface area contributed by atoms with E-state index in [9.17, 15) is 0 Å². The Bertz CT molecular complexity index is 876. The van der Waals surface area contributed by atoms with Gasteiger partial charge in [0, 0.05) is 23.5 Å². The second-order valence-electron chi connectivity index (χ2n) is 5.52. The Labute approximate surface area is 141 Å². The molecular weight excluding hydrogens is 292 g/mol. The predicted octanol–water partition coefficient (Wildman–Crippen LogP) is 5.48. The van der Waals surface area contributed by atoms with Gasteiger partial charge in [-0.1, -0.05) is 60.7 Å². The van der Waals surface area contributed by atoms with E-state index in [1.807, 2.05) is 54.9 Å². The van der Waals surface area contributed by atoms with Crippen LogP contribution >= 0.6 is 0 Å². The summed E-state index contributed by atoms with van der Waals surface area (Å²) in [4.78, 5) is 9.14. The van der Waals surface area contributed by atoms with Crippen molar-refractivity contribution in [2.24, 2.45) is 0 Å². The monoisotopic (exact) mass is 308 g/mol. The van der Waals surface area contributed by atoms with E-state index in [0.29, 0.717) is 0 Å². The van der Waals surface area contributed by atoms with Crippen LogP contribution in [0.25, 0.3) is 33.6 Å². The maximum absolute atomic E-state index is 4.59. The summed E-state index contributed by atoms with van der Waals surface area (Å²) in [6.45, 7) is 0. The summed E-state index contributed by atoms with van der Waals surface area (Å²) in [7, 11) is 0. The average Bonchev–Trinajstić information content (AvgIpc) is 2.69. The van der Waals surface area contributed by atoms with Gasteiger partial charge in [-0.25, -0.2) is 0 Å². The zero-order valence-corrected chi connectivity index (χ0v) is 13.1. The zero-order valence-electron chi connectivity index (χ0n) is 13.1. The minimum absolute atomic E-state index is 0.955. The summed E-state index contributed by atoms with van der Waals surface area (Å²) in [5.74, 6) is 0. The van der Waals surface area contributed by atoms with Gasteiger partial charge >= 0.3 is 0 Å². The van der Waals surface area contributed by atoms with Gasteiger partial charge in [0.05, 0.1) is 11.4 Å². The van der Waals surface area contributed by atoms with Gasteiger partial charge in [-0.15, -0.1) is 0 Å². The highest BCUT2D eigenvalue weighted by atomic mass is 14.7. The van der Waals surface area contributed by atoms with Crippen molar-refractivity contribution in [1.29, 1.82) is 0 Å². The molecule has 114 valence electrons. The number of hydrogen-bond acceptors (Lipinski definition) is 2. The highest BCUT2D eigenvalue weighted by Gasteiger charge is 2.15. The van der Waals surface area contributed by atoms with Gasteiger partial charge in [0.1, 0.15) is 0 Å². The van der Waals surface area contributed by atoms with Crippen molar-refractivity contribution < 1.29 is 0 Å². The maximum atomic E-state index is 4.59. The van der Waals surface area contributed by atoms with Crippen LogP contribution in [0.5, 0.6) is 0 Å². The molecule has 4 aromatic rings. The van der Waals surface area contributed by atoms with Gasteiger partial charge in [0.15, 0.2) is 0 Å². The van der Waals surface area contributed by atoms with Crippen molar-refractivity contribution in [2.45, 2.75) is 0 Å². The van der Waals surface area contributed by atoms with E-state index in [1.54, 1.807) is 0 Å². The molecule has 0 aliphatic heterocycles. The first-order valence-electron chi connectivity index (χ1n) is 7.95. The van der Waals surface area contributed by atoms with Crippen molar-refractivity contribution in [3.05, 3.63) is 97.3 Å². The van der Waals surface area contributed by atoms with E-state index >= 15 is 0 Å². The molecule has 2 heterocycles. The molecule has 0 aliphatic carbocycles. The Hall–Kier alpha value is -3.26. The summed E-state index contributed by atoms with van der Waals surface area (Å²) in [5.41, 5.74) is 6.46. The van der Waals surface area contributed by atoms with Crippen LogP contribution in [0, 0.1) is 0 Å². The quantitative estimate of drug-likeness (QED) is 0.501. The van der Waals surface area contributed by atoms with Crippen LogP contribution in [0.3, 0.4) is 0 Å². The fourth-order valence-corrected chi connectivity index (χ4v) is 2.93.